The highest BCUT2D eigenvalue weighted by atomic mass is 79.9. The molecule has 1 fully saturated rings. The van der Waals surface area contributed by atoms with Gasteiger partial charge in [0.1, 0.15) is 5.52 Å². The van der Waals surface area contributed by atoms with Crippen LogP contribution in [-0.4, -0.2) is 27.7 Å². The third-order valence-electron chi connectivity index (χ3n) is 4.04. The number of fused-ring (bicyclic) bond motifs is 1. The fourth-order valence-electron chi connectivity index (χ4n) is 3.06. The fourth-order valence-corrected chi connectivity index (χ4v) is 3.38. The molecule has 0 saturated heterocycles. The third kappa shape index (κ3) is 2.79. The molecule has 1 aliphatic carbocycles. The van der Waals surface area contributed by atoms with Crippen LogP contribution in [0.5, 0.6) is 0 Å². The average Bonchev–Trinajstić information content (AvgIpc) is 2.86. The molecule has 106 valence electrons. The molecule has 5 heteroatoms. The van der Waals surface area contributed by atoms with Crippen molar-refractivity contribution < 1.29 is 5.11 Å². The van der Waals surface area contributed by atoms with E-state index in [4.69, 9.17) is 5.11 Å². The van der Waals surface area contributed by atoms with Crippen molar-refractivity contribution in [2.45, 2.75) is 31.7 Å². The lowest BCUT2D eigenvalue weighted by Gasteiger charge is -2.22. The van der Waals surface area contributed by atoms with Gasteiger partial charge in [-0.2, -0.15) is 0 Å². The molecule has 2 heterocycles. The van der Waals surface area contributed by atoms with Gasteiger partial charge in [0.05, 0.1) is 11.2 Å². The second kappa shape index (κ2) is 6.06. The zero-order valence-corrected chi connectivity index (χ0v) is 12.8. The number of pyridine rings is 2. The average molecular weight is 336 g/mol. The number of nitrogens with one attached hydrogen (secondary N) is 1. The Morgan fingerprint density at radius 3 is 3.10 bits per heavy atom. The lowest BCUT2D eigenvalue weighted by molar-refractivity contribution is 0.254. The van der Waals surface area contributed by atoms with Gasteiger partial charge in [-0.25, -0.2) is 0 Å². The Bertz CT molecular complexity index is 605. The van der Waals surface area contributed by atoms with E-state index in [0.717, 1.165) is 34.0 Å². The van der Waals surface area contributed by atoms with E-state index in [9.17, 15) is 0 Å². The first kappa shape index (κ1) is 13.8. The van der Waals surface area contributed by atoms with Crippen molar-refractivity contribution in [2.24, 2.45) is 5.92 Å². The van der Waals surface area contributed by atoms with Crippen molar-refractivity contribution in [3.63, 3.8) is 0 Å². The molecular formula is C15H18BrN3O. The van der Waals surface area contributed by atoms with Gasteiger partial charge in [-0.15, -0.1) is 0 Å². The summed E-state index contributed by atoms with van der Waals surface area (Å²) in [6, 6.07) is 4.39. The molecule has 0 aromatic carbocycles. The van der Waals surface area contributed by atoms with Gasteiger partial charge < -0.3 is 10.4 Å². The van der Waals surface area contributed by atoms with Crippen molar-refractivity contribution in [3.05, 3.63) is 29.0 Å². The van der Waals surface area contributed by atoms with Crippen molar-refractivity contribution in [1.29, 1.82) is 0 Å². The second-order valence-corrected chi connectivity index (χ2v) is 6.25. The molecule has 20 heavy (non-hydrogen) atoms. The van der Waals surface area contributed by atoms with Crippen molar-refractivity contribution >= 4 is 32.7 Å². The zero-order valence-electron chi connectivity index (χ0n) is 11.2. The topological polar surface area (TPSA) is 58.0 Å². The molecule has 1 saturated carbocycles. The standard InChI is InChI=1S/C15H18BrN3O/c16-11-8-14-15(18-9-11)13(4-6-17-14)19-12-3-1-2-10(12)5-7-20/h4,6,8-10,12,20H,1-3,5,7H2,(H,17,19). The first-order valence-corrected chi connectivity index (χ1v) is 7.85. The second-order valence-electron chi connectivity index (χ2n) is 5.33. The molecular weight excluding hydrogens is 318 g/mol. The number of halogens is 1. The molecule has 3 rings (SSSR count). The summed E-state index contributed by atoms with van der Waals surface area (Å²) in [7, 11) is 0. The molecule has 0 bridgehead atoms. The molecule has 1 aliphatic rings. The maximum Gasteiger partial charge on any atom is 0.112 e. The summed E-state index contributed by atoms with van der Waals surface area (Å²) in [5.41, 5.74) is 2.84. The zero-order chi connectivity index (χ0) is 13.9. The number of aliphatic hydroxyl groups is 1. The Balaban J connectivity index is 1.87. The van der Waals surface area contributed by atoms with Gasteiger partial charge in [0.2, 0.25) is 0 Å². The van der Waals surface area contributed by atoms with Crippen LogP contribution in [0.2, 0.25) is 0 Å². The summed E-state index contributed by atoms with van der Waals surface area (Å²) >= 11 is 3.42. The Morgan fingerprint density at radius 2 is 2.25 bits per heavy atom. The molecule has 2 N–H and O–H groups in total. The minimum absolute atomic E-state index is 0.269. The third-order valence-corrected chi connectivity index (χ3v) is 4.48. The van der Waals surface area contributed by atoms with Crippen LogP contribution < -0.4 is 5.32 Å². The lowest BCUT2D eigenvalue weighted by Crippen LogP contribution is -2.24. The van der Waals surface area contributed by atoms with Crippen LogP contribution in [0.15, 0.2) is 29.0 Å². The summed E-state index contributed by atoms with van der Waals surface area (Å²) in [6.07, 6.45) is 8.07. The number of hydrogen-bond acceptors (Lipinski definition) is 4. The van der Waals surface area contributed by atoms with E-state index in [0.29, 0.717) is 12.0 Å². The number of anilines is 1. The van der Waals surface area contributed by atoms with E-state index in [1.807, 2.05) is 18.3 Å². The van der Waals surface area contributed by atoms with Gasteiger partial charge in [0.15, 0.2) is 0 Å². The van der Waals surface area contributed by atoms with Gasteiger partial charge in [-0.3, -0.25) is 9.97 Å². The minimum atomic E-state index is 0.269. The van der Waals surface area contributed by atoms with E-state index in [-0.39, 0.29) is 6.61 Å². The summed E-state index contributed by atoms with van der Waals surface area (Å²) in [5, 5.41) is 12.8. The normalized spacial score (nSPS) is 22.3. The van der Waals surface area contributed by atoms with E-state index in [1.54, 1.807) is 6.20 Å². The SMILES string of the molecule is OCCC1CCCC1Nc1ccnc2cc(Br)cnc12. The molecule has 0 spiro atoms. The monoisotopic (exact) mass is 335 g/mol. The van der Waals surface area contributed by atoms with Crippen LogP contribution in [-0.2, 0) is 0 Å². The molecule has 0 amide bonds. The first-order chi connectivity index (χ1) is 9.78. The molecule has 2 unspecified atom stereocenters. The predicted octanol–water partition coefficient (Wildman–Crippen LogP) is 3.36. The summed E-state index contributed by atoms with van der Waals surface area (Å²) in [6.45, 7) is 0.269. The van der Waals surface area contributed by atoms with E-state index < -0.39 is 0 Å². The van der Waals surface area contributed by atoms with Crippen LogP contribution in [0.25, 0.3) is 11.0 Å². The van der Waals surface area contributed by atoms with Crippen LogP contribution in [0.1, 0.15) is 25.7 Å². The van der Waals surface area contributed by atoms with Crippen LogP contribution in [0.4, 0.5) is 5.69 Å². The smallest absolute Gasteiger partial charge is 0.112 e. The maximum absolute atomic E-state index is 9.16. The molecule has 0 aliphatic heterocycles. The number of nitrogens with zero attached hydrogens (tertiary/aromatic N) is 2. The van der Waals surface area contributed by atoms with Crippen LogP contribution in [0.3, 0.4) is 0 Å². The quantitative estimate of drug-likeness (QED) is 0.899. The molecule has 4 nitrogen and oxygen atoms in total. The molecule has 2 aromatic heterocycles. The highest BCUT2D eigenvalue weighted by Crippen LogP contribution is 2.32. The minimum Gasteiger partial charge on any atom is -0.396 e. The highest BCUT2D eigenvalue weighted by Gasteiger charge is 2.27. The predicted molar refractivity (Wildman–Crippen MR) is 83.7 cm³/mol. The van der Waals surface area contributed by atoms with Gasteiger partial charge in [0.25, 0.3) is 0 Å². The van der Waals surface area contributed by atoms with Gasteiger partial charge in [-0.05, 0) is 53.2 Å². The van der Waals surface area contributed by atoms with Crippen molar-refractivity contribution in [3.8, 4) is 0 Å². The first-order valence-electron chi connectivity index (χ1n) is 7.05. The van der Waals surface area contributed by atoms with Gasteiger partial charge in [0, 0.05) is 29.5 Å². The Hall–Kier alpha value is -1.20. The maximum atomic E-state index is 9.16. The number of hydrogen-bond donors (Lipinski definition) is 2. The molecule has 0 radical (unpaired) electrons. The Labute approximate surface area is 126 Å². The Kier molecular flexibility index (Phi) is 4.17. The van der Waals surface area contributed by atoms with E-state index >= 15 is 0 Å². The summed E-state index contributed by atoms with van der Waals surface area (Å²) in [4.78, 5) is 8.83. The largest absolute Gasteiger partial charge is 0.396 e. The lowest BCUT2D eigenvalue weighted by atomic mass is 10.00. The number of aliphatic hydroxyl groups excluding tert-OH is 1. The number of rotatable bonds is 4. The van der Waals surface area contributed by atoms with Crippen molar-refractivity contribution in [2.75, 3.05) is 11.9 Å². The summed E-state index contributed by atoms with van der Waals surface area (Å²) in [5.74, 6) is 0.554. The fraction of sp³-hybridized carbons (Fsp3) is 0.467. The van der Waals surface area contributed by atoms with Crippen LogP contribution >= 0.6 is 15.9 Å². The summed E-state index contributed by atoms with van der Waals surface area (Å²) < 4.78 is 0.939. The van der Waals surface area contributed by atoms with E-state index in [1.165, 1.54) is 12.8 Å². The highest BCUT2D eigenvalue weighted by molar-refractivity contribution is 9.10. The van der Waals surface area contributed by atoms with Gasteiger partial charge >= 0.3 is 0 Å². The molecule has 2 aromatic rings. The van der Waals surface area contributed by atoms with Crippen molar-refractivity contribution in [1.82, 2.24) is 9.97 Å². The van der Waals surface area contributed by atoms with Gasteiger partial charge in [-0.1, -0.05) is 6.42 Å². The number of aromatic nitrogens is 2. The van der Waals surface area contributed by atoms with Crippen LogP contribution in [0, 0.1) is 5.92 Å². The van der Waals surface area contributed by atoms with E-state index in [2.05, 4.69) is 31.2 Å². The molecule has 2 atom stereocenters. The Morgan fingerprint density at radius 1 is 1.35 bits per heavy atom.